The summed E-state index contributed by atoms with van der Waals surface area (Å²) < 4.78 is 16.5. The van der Waals surface area contributed by atoms with Gasteiger partial charge in [-0.1, -0.05) is 48.5 Å². The van der Waals surface area contributed by atoms with Crippen molar-refractivity contribution in [3.05, 3.63) is 83.3 Å². The Morgan fingerprint density at radius 1 is 1.07 bits per heavy atom. The number of carbonyl (C=O) groups excluding carboxylic acids is 1. The fraction of sp³-hybridized carbons (Fsp3) is 0.250. The standard InChI is InChI=1S/C24H23NO4/c1-17-21(25-24(29-17)20-5-3-2-4-6-20)12-13-22(26)19-10-7-18(8-11-19)9-14-23-27-15-16-28-23/h2-11,14,23H,12-13,15-16H2,1H3. The van der Waals surface area contributed by atoms with Gasteiger partial charge in [0.2, 0.25) is 5.89 Å². The predicted molar refractivity (Wildman–Crippen MR) is 110 cm³/mol. The van der Waals surface area contributed by atoms with Crippen LogP contribution in [-0.2, 0) is 15.9 Å². The normalized spacial score (nSPS) is 14.7. The number of nitrogens with zero attached hydrogens (tertiary/aromatic N) is 1. The number of ether oxygens (including phenoxy) is 2. The van der Waals surface area contributed by atoms with Crippen LogP contribution in [0, 0.1) is 6.92 Å². The van der Waals surface area contributed by atoms with E-state index in [0.717, 1.165) is 22.6 Å². The van der Waals surface area contributed by atoms with Crippen LogP contribution in [0.25, 0.3) is 17.5 Å². The van der Waals surface area contributed by atoms with Crippen molar-refractivity contribution in [1.29, 1.82) is 0 Å². The Hall–Kier alpha value is -3.02. The Morgan fingerprint density at radius 3 is 2.52 bits per heavy atom. The van der Waals surface area contributed by atoms with Crippen molar-refractivity contribution in [2.75, 3.05) is 13.2 Å². The van der Waals surface area contributed by atoms with Gasteiger partial charge in [-0.25, -0.2) is 4.98 Å². The van der Waals surface area contributed by atoms with Crippen LogP contribution >= 0.6 is 0 Å². The van der Waals surface area contributed by atoms with Crippen LogP contribution < -0.4 is 0 Å². The molecule has 2 heterocycles. The Kier molecular flexibility index (Phi) is 5.98. The third-order valence-corrected chi connectivity index (χ3v) is 4.83. The largest absolute Gasteiger partial charge is 0.441 e. The van der Waals surface area contributed by atoms with Gasteiger partial charge in [0.05, 0.1) is 18.9 Å². The number of rotatable bonds is 7. The van der Waals surface area contributed by atoms with Gasteiger partial charge in [0, 0.05) is 24.0 Å². The lowest BCUT2D eigenvalue weighted by Crippen LogP contribution is -2.02. The molecule has 5 nitrogen and oxygen atoms in total. The van der Waals surface area contributed by atoms with Gasteiger partial charge in [-0.15, -0.1) is 0 Å². The van der Waals surface area contributed by atoms with Gasteiger partial charge in [-0.3, -0.25) is 4.79 Å². The Labute approximate surface area is 170 Å². The SMILES string of the molecule is Cc1oc(-c2ccccc2)nc1CCC(=O)c1ccc(C=CC2OCCO2)cc1. The fourth-order valence-corrected chi connectivity index (χ4v) is 3.20. The van der Waals surface area contributed by atoms with E-state index in [1.54, 1.807) is 0 Å². The molecule has 0 bridgehead atoms. The summed E-state index contributed by atoms with van der Waals surface area (Å²) in [5.41, 5.74) is 3.46. The summed E-state index contributed by atoms with van der Waals surface area (Å²) in [5.74, 6) is 1.44. The average molecular weight is 389 g/mol. The molecule has 1 fully saturated rings. The van der Waals surface area contributed by atoms with Crippen molar-refractivity contribution >= 4 is 11.9 Å². The van der Waals surface area contributed by atoms with E-state index in [9.17, 15) is 4.79 Å². The Bertz CT molecular complexity index is 983. The summed E-state index contributed by atoms with van der Waals surface area (Å²) >= 11 is 0. The van der Waals surface area contributed by atoms with Gasteiger partial charge in [0.25, 0.3) is 0 Å². The molecule has 2 aromatic carbocycles. The zero-order valence-electron chi connectivity index (χ0n) is 16.3. The quantitative estimate of drug-likeness (QED) is 0.541. The predicted octanol–water partition coefficient (Wildman–Crippen LogP) is 4.85. The van der Waals surface area contributed by atoms with Crippen LogP contribution in [0.5, 0.6) is 0 Å². The second-order valence-corrected chi connectivity index (χ2v) is 6.90. The number of carbonyl (C=O) groups is 1. The van der Waals surface area contributed by atoms with Crippen LogP contribution in [0.2, 0.25) is 0 Å². The van der Waals surface area contributed by atoms with E-state index in [2.05, 4.69) is 4.98 Å². The van der Waals surface area contributed by atoms with Crippen LogP contribution in [0.4, 0.5) is 0 Å². The summed E-state index contributed by atoms with van der Waals surface area (Å²) in [5, 5.41) is 0. The highest BCUT2D eigenvalue weighted by Gasteiger charge is 2.14. The first-order chi connectivity index (χ1) is 14.2. The number of oxazole rings is 1. The Morgan fingerprint density at radius 2 is 1.79 bits per heavy atom. The summed E-state index contributed by atoms with van der Waals surface area (Å²) in [4.78, 5) is 17.1. The average Bonchev–Trinajstić information content (AvgIpc) is 3.41. The summed E-state index contributed by atoms with van der Waals surface area (Å²) in [7, 11) is 0. The molecule has 1 aromatic heterocycles. The number of hydrogen-bond donors (Lipinski definition) is 0. The lowest BCUT2D eigenvalue weighted by atomic mass is 10.0. The molecule has 29 heavy (non-hydrogen) atoms. The molecule has 148 valence electrons. The molecular formula is C24H23NO4. The van der Waals surface area contributed by atoms with Gasteiger partial charge in [0.1, 0.15) is 5.76 Å². The van der Waals surface area contributed by atoms with Gasteiger partial charge in [-0.2, -0.15) is 0 Å². The maximum atomic E-state index is 12.6. The third-order valence-electron chi connectivity index (χ3n) is 4.83. The zero-order valence-corrected chi connectivity index (χ0v) is 16.3. The topological polar surface area (TPSA) is 61.6 Å². The minimum atomic E-state index is -0.275. The maximum absolute atomic E-state index is 12.6. The molecule has 0 amide bonds. The second kappa shape index (κ2) is 8.99. The van der Waals surface area contributed by atoms with E-state index in [0.29, 0.717) is 37.5 Å². The van der Waals surface area contributed by atoms with Crippen molar-refractivity contribution in [1.82, 2.24) is 4.98 Å². The van der Waals surface area contributed by atoms with Crippen molar-refractivity contribution in [2.24, 2.45) is 0 Å². The van der Waals surface area contributed by atoms with E-state index in [-0.39, 0.29) is 12.1 Å². The highest BCUT2D eigenvalue weighted by Crippen LogP contribution is 2.22. The minimum absolute atomic E-state index is 0.0895. The van der Waals surface area contributed by atoms with Crippen molar-refractivity contribution < 1.29 is 18.7 Å². The highest BCUT2D eigenvalue weighted by molar-refractivity contribution is 5.96. The molecule has 0 saturated carbocycles. The molecule has 0 unspecified atom stereocenters. The first-order valence-corrected chi connectivity index (χ1v) is 9.75. The molecule has 1 aliphatic rings. The lowest BCUT2D eigenvalue weighted by molar-refractivity contribution is -0.000910. The number of benzene rings is 2. The number of hydrogen-bond acceptors (Lipinski definition) is 5. The van der Waals surface area contributed by atoms with E-state index >= 15 is 0 Å². The van der Waals surface area contributed by atoms with Crippen LogP contribution in [-0.4, -0.2) is 30.3 Å². The van der Waals surface area contributed by atoms with Gasteiger partial charge >= 0.3 is 0 Å². The molecule has 1 aliphatic heterocycles. The first-order valence-electron chi connectivity index (χ1n) is 9.75. The maximum Gasteiger partial charge on any atom is 0.226 e. The van der Waals surface area contributed by atoms with Crippen LogP contribution in [0.1, 0.15) is 33.8 Å². The van der Waals surface area contributed by atoms with Gasteiger partial charge in [-0.05, 0) is 30.7 Å². The van der Waals surface area contributed by atoms with Crippen LogP contribution in [0.3, 0.4) is 0 Å². The van der Waals surface area contributed by atoms with E-state index < -0.39 is 0 Å². The van der Waals surface area contributed by atoms with Crippen molar-refractivity contribution in [3.63, 3.8) is 0 Å². The van der Waals surface area contributed by atoms with Gasteiger partial charge in [0.15, 0.2) is 12.1 Å². The number of ketones is 1. The van der Waals surface area contributed by atoms with Crippen LogP contribution in [0.15, 0.2) is 65.1 Å². The Balaban J connectivity index is 1.35. The highest BCUT2D eigenvalue weighted by atomic mass is 16.7. The fourth-order valence-electron chi connectivity index (χ4n) is 3.20. The van der Waals surface area contributed by atoms with E-state index in [1.807, 2.05) is 73.7 Å². The number of Topliss-reactive ketones (excluding diaryl/α,β-unsaturated/α-hetero) is 1. The molecule has 0 radical (unpaired) electrons. The monoisotopic (exact) mass is 389 g/mol. The number of aryl methyl sites for hydroxylation is 2. The molecule has 0 atom stereocenters. The molecule has 1 saturated heterocycles. The summed E-state index contributed by atoms with van der Waals surface area (Å²) in [6, 6.07) is 17.3. The first kappa shape index (κ1) is 19.3. The summed E-state index contributed by atoms with van der Waals surface area (Å²) in [6.45, 7) is 3.14. The zero-order chi connectivity index (χ0) is 20.1. The molecule has 0 aliphatic carbocycles. The smallest absolute Gasteiger partial charge is 0.226 e. The van der Waals surface area contributed by atoms with Crippen molar-refractivity contribution in [2.45, 2.75) is 26.1 Å². The van der Waals surface area contributed by atoms with E-state index in [4.69, 9.17) is 13.9 Å². The van der Waals surface area contributed by atoms with E-state index in [1.165, 1.54) is 0 Å². The molecule has 0 spiro atoms. The molecule has 5 heteroatoms. The summed E-state index contributed by atoms with van der Waals surface area (Å²) in [6.07, 6.45) is 4.48. The van der Waals surface area contributed by atoms with Gasteiger partial charge < -0.3 is 13.9 Å². The van der Waals surface area contributed by atoms with Crippen molar-refractivity contribution in [3.8, 4) is 11.5 Å². The number of aromatic nitrogens is 1. The molecule has 3 aromatic rings. The molecule has 0 N–H and O–H groups in total. The molecular weight excluding hydrogens is 366 g/mol. The third kappa shape index (κ3) is 4.88. The molecule has 4 rings (SSSR count). The second-order valence-electron chi connectivity index (χ2n) is 6.90. The minimum Gasteiger partial charge on any atom is -0.441 e. The lowest BCUT2D eigenvalue weighted by Gasteiger charge is -2.03.